The van der Waals surface area contributed by atoms with Gasteiger partial charge < -0.3 is 0 Å². The van der Waals surface area contributed by atoms with E-state index >= 15 is 0 Å². The third-order valence-electron chi connectivity index (χ3n) is 1.85. The fourth-order valence-corrected chi connectivity index (χ4v) is 1.26. The van der Waals surface area contributed by atoms with Crippen LogP contribution in [-0.2, 0) is 4.79 Å². The molecule has 0 aromatic carbocycles. The topological polar surface area (TPSA) is 20.3 Å². The third kappa shape index (κ3) is 1.11. The van der Waals surface area contributed by atoms with Crippen LogP contribution in [0.1, 0.15) is 6.42 Å². The Morgan fingerprint density at radius 2 is 2.08 bits per heavy atom. The Morgan fingerprint density at radius 1 is 1.25 bits per heavy atom. The van der Waals surface area contributed by atoms with E-state index in [1.807, 2.05) is 30.5 Å². The Labute approximate surface area is 71.2 Å². The number of carbonyl (C=O) groups excluding carboxylic acids is 1. The monoisotopic (exact) mass is 159 g/mol. The fourth-order valence-electron chi connectivity index (χ4n) is 1.26. The molecule has 2 aliphatic heterocycles. The summed E-state index contributed by atoms with van der Waals surface area (Å²) in [5.74, 6) is 0.0159. The van der Waals surface area contributed by atoms with Gasteiger partial charge in [-0.05, 0) is 12.5 Å². The molecule has 0 unspecified atom stereocenters. The van der Waals surface area contributed by atoms with Gasteiger partial charge in [0.15, 0.2) is 0 Å². The first-order valence-corrected chi connectivity index (χ1v) is 3.93. The van der Waals surface area contributed by atoms with Gasteiger partial charge in [-0.3, -0.25) is 9.69 Å². The minimum absolute atomic E-state index is 0.0159. The smallest absolute Gasteiger partial charge is 0.255 e. The second kappa shape index (κ2) is 2.81. The molecule has 60 valence electrons. The van der Waals surface area contributed by atoms with Crippen molar-refractivity contribution in [2.75, 3.05) is 0 Å². The van der Waals surface area contributed by atoms with Crippen molar-refractivity contribution in [1.29, 1.82) is 0 Å². The second-order valence-corrected chi connectivity index (χ2v) is 2.68. The van der Waals surface area contributed by atoms with Crippen molar-refractivity contribution in [3.8, 4) is 0 Å². The Balaban J connectivity index is 2.39. The van der Waals surface area contributed by atoms with E-state index in [0.717, 1.165) is 12.1 Å². The Morgan fingerprint density at radius 3 is 3.00 bits per heavy atom. The molecule has 2 heterocycles. The van der Waals surface area contributed by atoms with Crippen molar-refractivity contribution in [1.82, 2.24) is 4.90 Å². The predicted molar refractivity (Wildman–Crippen MR) is 47.0 cm³/mol. The van der Waals surface area contributed by atoms with Gasteiger partial charge in [0.1, 0.15) is 0 Å². The zero-order valence-corrected chi connectivity index (χ0v) is 6.60. The van der Waals surface area contributed by atoms with E-state index in [1.54, 1.807) is 17.1 Å². The highest BCUT2D eigenvalue weighted by molar-refractivity contribution is 5.91. The molecule has 0 bridgehead atoms. The number of carbonyl (C=O) groups is 1. The van der Waals surface area contributed by atoms with Gasteiger partial charge in [-0.25, -0.2) is 0 Å². The largest absolute Gasteiger partial charge is 0.285 e. The first kappa shape index (κ1) is 7.10. The van der Waals surface area contributed by atoms with Gasteiger partial charge in [-0.2, -0.15) is 0 Å². The lowest BCUT2D eigenvalue weighted by Crippen LogP contribution is -2.22. The molecule has 2 rings (SSSR count). The number of hydrogen-bond acceptors (Lipinski definition) is 1. The molecule has 0 aromatic heterocycles. The molecule has 0 atom stereocenters. The van der Waals surface area contributed by atoms with Crippen molar-refractivity contribution in [2.45, 2.75) is 6.42 Å². The van der Waals surface area contributed by atoms with Gasteiger partial charge in [0.25, 0.3) is 5.91 Å². The van der Waals surface area contributed by atoms with E-state index in [1.165, 1.54) is 0 Å². The molecule has 2 nitrogen and oxygen atoms in total. The maximum atomic E-state index is 11.4. The lowest BCUT2D eigenvalue weighted by Gasteiger charge is -2.19. The number of rotatable bonds is 0. The van der Waals surface area contributed by atoms with Crippen LogP contribution in [-0.4, -0.2) is 10.8 Å². The van der Waals surface area contributed by atoms with Crippen molar-refractivity contribution in [3.63, 3.8) is 0 Å². The lowest BCUT2D eigenvalue weighted by atomic mass is 10.2. The molecule has 0 aromatic rings. The van der Waals surface area contributed by atoms with Gasteiger partial charge in [0.2, 0.25) is 0 Å². The van der Waals surface area contributed by atoms with Crippen LogP contribution in [0.5, 0.6) is 0 Å². The maximum absolute atomic E-state index is 11.4. The van der Waals surface area contributed by atoms with Gasteiger partial charge in [-0.15, -0.1) is 0 Å². The SMILES string of the molecule is O=C1C=CC=CC2=CCC=CN12. The summed E-state index contributed by atoms with van der Waals surface area (Å²) in [5.41, 5.74) is 0.965. The van der Waals surface area contributed by atoms with Gasteiger partial charge in [0, 0.05) is 18.0 Å². The molecule has 0 saturated heterocycles. The van der Waals surface area contributed by atoms with E-state index in [0.29, 0.717) is 0 Å². The fraction of sp³-hybridized carbons (Fsp3) is 0.100. The van der Waals surface area contributed by atoms with E-state index < -0.39 is 0 Å². The minimum atomic E-state index is 0.0159. The summed E-state index contributed by atoms with van der Waals surface area (Å²) >= 11 is 0. The van der Waals surface area contributed by atoms with Crippen LogP contribution in [0.3, 0.4) is 0 Å². The number of fused-ring (bicyclic) bond motifs is 1. The highest BCUT2D eigenvalue weighted by Crippen LogP contribution is 2.16. The molecule has 0 fully saturated rings. The minimum Gasteiger partial charge on any atom is -0.285 e. The van der Waals surface area contributed by atoms with E-state index in [-0.39, 0.29) is 5.91 Å². The molecular weight excluding hydrogens is 150 g/mol. The van der Waals surface area contributed by atoms with Crippen LogP contribution in [0, 0.1) is 0 Å². The van der Waals surface area contributed by atoms with Crippen LogP contribution < -0.4 is 0 Å². The molecule has 0 saturated carbocycles. The van der Waals surface area contributed by atoms with Crippen molar-refractivity contribution in [2.24, 2.45) is 0 Å². The number of hydrogen-bond donors (Lipinski definition) is 0. The summed E-state index contributed by atoms with van der Waals surface area (Å²) in [5, 5.41) is 0. The summed E-state index contributed by atoms with van der Waals surface area (Å²) < 4.78 is 0. The molecule has 0 N–H and O–H groups in total. The van der Waals surface area contributed by atoms with Crippen LogP contribution >= 0.6 is 0 Å². The van der Waals surface area contributed by atoms with Crippen LogP contribution in [0.4, 0.5) is 0 Å². The number of nitrogens with zero attached hydrogens (tertiary/aromatic N) is 1. The van der Waals surface area contributed by atoms with Gasteiger partial charge in [0.05, 0.1) is 0 Å². The van der Waals surface area contributed by atoms with E-state index in [9.17, 15) is 4.79 Å². The average Bonchev–Trinajstić information content (AvgIpc) is 2.29. The summed E-state index contributed by atoms with van der Waals surface area (Å²) in [6, 6.07) is 0. The number of amides is 1. The predicted octanol–water partition coefficient (Wildman–Crippen LogP) is 1.74. The Kier molecular flexibility index (Phi) is 1.67. The number of allylic oxidation sites excluding steroid dienone is 5. The Bertz CT molecular complexity index is 321. The quantitative estimate of drug-likeness (QED) is 0.527. The highest BCUT2D eigenvalue weighted by Gasteiger charge is 2.13. The first-order valence-electron chi connectivity index (χ1n) is 3.93. The maximum Gasteiger partial charge on any atom is 0.255 e. The normalized spacial score (nSPS) is 20.5. The average molecular weight is 159 g/mol. The van der Waals surface area contributed by atoms with Crippen LogP contribution in [0.25, 0.3) is 0 Å². The third-order valence-corrected chi connectivity index (χ3v) is 1.85. The zero-order chi connectivity index (χ0) is 8.39. The van der Waals surface area contributed by atoms with Gasteiger partial charge in [-0.1, -0.05) is 24.3 Å². The molecule has 1 amide bonds. The second-order valence-electron chi connectivity index (χ2n) is 2.68. The molecule has 0 aliphatic carbocycles. The van der Waals surface area contributed by atoms with Crippen LogP contribution in [0.15, 0.2) is 48.4 Å². The highest BCUT2D eigenvalue weighted by atomic mass is 16.2. The molecular formula is C10H9NO. The standard InChI is InChI=1S/C10H9NO/c12-10-7-2-1-5-9-6-3-4-8-11(9)10/h1-2,4-8H,3H2. The van der Waals surface area contributed by atoms with Crippen molar-refractivity contribution in [3.05, 3.63) is 48.4 Å². The van der Waals surface area contributed by atoms with Gasteiger partial charge >= 0.3 is 0 Å². The summed E-state index contributed by atoms with van der Waals surface area (Å²) in [6.45, 7) is 0. The zero-order valence-electron chi connectivity index (χ0n) is 6.60. The molecule has 2 aliphatic rings. The van der Waals surface area contributed by atoms with Crippen molar-refractivity contribution < 1.29 is 4.79 Å². The Hall–Kier alpha value is -1.57. The molecule has 2 heteroatoms. The summed E-state index contributed by atoms with van der Waals surface area (Å²) in [6.07, 6.45) is 13.9. The summed E-state index contributed by atoms with van der Waals surface area (Å²) in [7, 11) is 0. The van der Waals surface area contributed by atoms with Crippen LogP contribution in [0.2, 0.25) is 0 Å². The molecule has 12 heavy (non-hydrogen) atoms. The van der Waals surface area contributed by atoms with Crippen molar-refractivity contribution >= 4 is 5.91 Å². The molecule has 0 spiro atoms. The summed E-state index contributed by atoms with van der Waals surface area (Å²) in [4.78, 5) is 13.0. The van der Waals surface area contributed by atoms with E-state index in [2.05, 4.69) is 0 Å². The molecule has 0 radical (unpaired) electrons. The van der Waals surface area contributed by atoms with E-state index in [4.69, 9.17) is 0 Å². The first-order chi connectivity index (χ1) is 5.88. The lowest BCUT2D eigenvalue weighted by molar-refractivity contribution is -0.122.